The summed E-state index contributed by atoms with van der Waals surface area (Å²) in [5.41, 5.74) is 2.80. The zero-order valence-corrected chi connectivity index (χ0v) is 13.1. The second-order valence-corrected chi connectivity index (χ2v) is 6.27. The molecule has 1 N–H and O–H groups in total. The fourth-order valence-corrected chi connectivity index (χ4v) is 3.61. The van der Waals surface area contributed by atoms with Gasteiger partial charge in [-0.25, -0.2) is 0 Å². The Labute approximate surface area is 121 Å². The van der Waals surface area contributed by atoms with Gasteiger partial charge in [0.05, 0.1) is 0 Å². The van der Waals surface area contributed by atoms with Gasteiger partial charge in [-0.1, -0.05) is 31.2 Å². The van der Waals surface area contributed by atoms with Crippen LogP contribution in [0, 0.1) is 6.92 Å². The molecule has 1 unspecified atom stereocenters. The number of aryl methyl sites for hydroxylation is 1. The fraction of sp³-hybridized carbons (Fsp3) is 0.333. The zero-order valence-electron chi connectivity index (χ0n) is 10.7. The van der Waals surface area contributed by atoms with Crippen LogP contribution in [0.2, 0.25) is 0 Å². The van der Waals surface area contributed by atoms with Crippen LogP contribution < -0.4 is 5.32 Å². The highest BCUT2D eigenvalue weighted by molar-refractivity contribution is 9.10. The first-order valence-corrected chi connectivity index (χ1v) is 7.89. The molecule has 96 valence electrons. The van der Waals surface area contributed by atoms with Crippen LogP contribution in [0.1, 0.15) is 29.0 Å². The largest absolute Gasteiger partial charge is 0.309 e. The maximum atomic E-state index is 3.58. The Bertz CT molecular complexity index is 507. The van der Waals surface area contributed by atoms with Gasteiger partial charge in [0.1, 0.15) is 0 Å². The van der Waals surface area contributed by atoms with Gasteiger partial charge >= 0.3 is 0 Å². The molecule has 0 fully saturated rings. The van der Waals surface area contributed by atoms with Gasteiger partial charge in [0.2, 0.25) is 0 Å². The first-order valence-electron chi connectivity index (χ1n) is 6.22. The minimum Gasteiger partial charge on any atom is -0.309 e. The van der Waals surface area contributed by atoms with E-state index in [2.05, 4.69) is 70.8 Å². The lowest BCUT2D eigenvalue weighted by Gasteiger charge is -2.17. The van der Waals surface area contributed by atoms with E-state index in [0.717, 1.165) is 13.0 Å². The van der Waals surface area contributed by atoms with Crippen LogP contribution in [0.15, 0.2) is 40.2 Å². The van der Waals surface area contributed by atoms with Crippen molar-refractivity contribution in [1.82, 2.24) is 5.32 Å². The van der Waals surface area contributed by atoms with Crippen molar-refractivity contribution in [1.29, 1.82) is 0 Å². The first kappa shape index (κ1) is 13.8. The number of hydrogen-bond acceptors (Lipinski definition) is 2. The molecule has 18 heavy (non-hydrogen) atoms. The summed E-state index contributed by atoms with van der Waals surface area (Å²) in [7, 11) is 0. The number of nitrogens with one attached hydrogen (secondary N) is 1. The van der Waals surface area contributed by atoms with E-state index in [9.17, 15) is 0 Å². The number of rotatable bonds is 5. The number of likely N-dealkylation sites (N-methyl/N-ethyl adjacent to an activating group) is 1. The molecule has 1 nitrogen and oxygen atoms in total. The number of hydrogen-bond donors (Lipinski definition) is 1. The van der Waals surface area contributed by atoms with Gasteiger partial charge in [0, 0.05) is 20.8 Å². The molecular formula is C15H18BrNS. The van der Waals surface area contributed by atoms with E-state index >= 15 is 0 Å². The average Bonchev–Trinajstić information content (AvgIpc) is 2.78. The molecule has 3 heteroatoms. The second kappa shape index (κ2) is 6.50. The van der Waals surface area contributed by atoms with Crippen molar-refractivity contribution in [2.75, 3.05) is 6.54 Å². The van der Waals surface area contributed by atoms with Crippen molar-refractivity contribution < 1.29 is 0 Å². The Morgan fingerprint density at radius 1 is 1.33 bits per heavy atom. The van der Waals surface area contributed by atoms with Crippen LogP contribution in [-0.2, 0) is 6.42 Å². The van der Waals surface area contributed by atoms with Crippen LogP contribution in [0.25, 0.3) is 0 Å². The highest BCUT2D eigenvalue weighted by Crippen LogP contribution is 2.28. The van der Waals surface area contributed by atoms with Crippen LogP contribution >= 0.6 is 27.3 Å². The summed E-state index contributed by atoms with van der Waals surface area (Å²) in [5, 5.41) is 5.73. The van der Waals surface area contributed by atoms with Crippen molar-refractivity contribution in [3.63, 3.8) is 0 Å². The Morgan fingerprint density at radius 2 is 2.11 bits per heavy atom. The summed E-state index contributed by atoms with van der Waals surface area (Å²) in [6.45, 7) is 5.34. The quantitative estimate of drug-likeness (QED) is 0.840. The Balaban J connectivity index is 2.19. The molecule has 0 aliphatic rings. The normalized spacial score (nSPS) is 12.6. The standard InChI is InChI=1S/C15H18BrNS/c1-3-17-14(15-9-13(16)10-18-15)8-12-7-5-4-6-11(12)2/h4-7,9-10,14,17H,3,8H2,1-2H3. The van der Waals surface area contributed by atoms with E-state index in [4.69, 9.17) is 0 Å². The van der Waals surface area contributed by atoms with Crippen molar-refractivity contribution in [3.8, 4) is 0 Å². The molecule has 0 saturated heterocycles. The molecule has 0 amide bonds. The van der Waals surface area contributed by atoms with Crippen molar-refractivity contribution >= 4 is 27.3 Å². The van der Waals surface area contributed by atoms with Gasteiger partial charge in [-0.05, 0) is 53.0 Å². The second-order valence-electron chi connectivity index (χ2n) is 4.41. The molecule has 1 aromatic heterocycles. The fourth-order valence-electron chi connectivity index (χ4n) is 2.09. The molecule has 0 aliphatic heterocycles. The monoisotopic (exact) mass is 323 g/mol. The molecule has 2 aromatic rings. The van der Waals surface area contributed by atoms with Gasteiger partial charge in [-0.15, -0.1) is 11.3 Å². The van der Waals surface area contributed by atoms with E-state index in [-0.39, 0.29) is 0 Å². The summed E-state index contributed by atoms with van der Waals surface area (Å²) >= 11 is 5.35. The summed E-state index contributed by atoms with van der Waals surface area (Å²) in [6.07, 6.45) is 1.05. The average molecular weight is 324 g/mol. The van der Waals surface area contributed by atoms with Gasteiger partial charge < -0.3 is 5.32 Å². The molecule has 1 heterocycles. The van der Waals surface area contributed by atoms with Crippen molar-refractivity contribution in [2.24, 2.45) is 0 Å². The lowest BCUT2D eigenvalue weighted by molar-refractivity contribution is 0.557. The summed E-state index contributed by atoms with van der Waals surface area (Å²) < 4.78 is 1.18. The van der Waals surface area contributed by atoms with E-state index in [1.54, 1.807) is 0 Å². The molecular weight excluding hydrogens is 306 g/mol. The van der Waals surface area contributed by atoms with Gasteiger partial charge in [-0.2, -0.15) is 0 Å². The van der Waals surface area contributed by atoms with Crippen LogP contribution in [0.4, 0.5) is 0 Å². The third kappa shape index (κ3) is 3.44. The SMILES string of the molecule is CCNC(Cc1ccccc1C)c1cc(Br)cs1. The van der Waals surface area contributed by atoms with Crippen LogP contribution in [0.5, 0.6) is 0 Å². The van der Waals surface area contributed by atoms with E-state index in [1.807, 2.05) is 11.3 Å². The maximum absolute atomic E-state index is 3.58. The predicted octanol–water partition coefficient (Wildman–Crippen LogP) is 4.71. The Kier molecular flexibility index (Phi) is 4.98. The predicted molar refractivity (Wildman–Crippen MR) is 83.3 cm³/mol. The molecule has 0 saturated carbocycles. The lowest BCUT2D eigenvalue weighted by atomic mass is 10.0. The molecule has 1 aromatic carbocycles. The van der Waals surface area contributed by atoms with Gasteiger partial charge in [0.15, 0.2) is 0 Å². The molecule has 2 rings (SSSR count). The number of halogens is 1. The number of thiophene rings is 1. The minimum atomic E-state index is 0.410. The van der Waals surface area contributed by atoms with E-state index in [0.29, 0.717) is 6.04 Å². The van der Waals surface area contributed by atoms with Crippen molar-refractivity contribution in [3.05, 3.63) is 56.2 Å². The lowest BCUT2D eigenvalue weighted by Crippen LogP contribution is -2.22. The zero-order chi connectivity index (χ0) is 13.0. The van der Waals surface area contributed by atoms with Crippen LogP contribution in [-0.4, -0.2) is 6.54 Å². The molecule has 0 bridgehead atoms. The summed E-state index contributed by atoms with van der Waals surface area (Å²) in [5.74, 6) is 0. The highest BCUT2D eigenvalue weighted by atomic mass is 79.9. The maximum Gasteiger partial charge on any atom is 0.0456 e. The third-order valence-corrected chi connectivity index (χ3v) is 4.87. The van der Waals surface area contributed by atoms with E-state index < -0.39 is 0 Å². The van der Waals surface area contributed by atoms with Gasteiger partial charge in [0.25, 0.3) is 0 Å². The topological polar surface area (TPSA) is 12.0 Å². The first-order chi connectivity index (χ1) is 8.70. The van der Waals surface area contributed by atoms with Crippen molar-refractivity contribution in [2.45, 2.75) is 26.3 Å². The minimum absolute atomic E-state index is 0.410. The number of benzene rings is 1. The Morgan fingerprint density at radius 3 is 2.72 bits per heavy atom. The Hall–Kier alpha value is -0.640. The van der Waals surface area contributed by atoms with Crippen LogP contribution in [0.3, 0.4) is 0 Å². The molecule has 1 atom stereocenters. The summed E-state index contributed by atoms with van der Waals surface area (Å²) in [4.78, 5) is 1.40. The summed E-state index contributed by atoms with van der Waals surface area (Å²) in [6, 6.07) is 11.3. The third-order valence-electron chi connectivity index (χ3n) is 3.07. The molecule has 0 radical (unpaired) electrons. The highest BCUT2D eigenvalue weighted by Gasteiger charge is 2.14. The van der Waals surface area contributed by atoms with Gasteiger partial charge in [-0.3, -0.25) is 0 Å². The van der Waals surface area contributed by atoms with E-state index in [1.165, 1.54) is 20.5 Å². The smallest absolute Gasteiger partial charge is 0.0456 e. The molecule has 0 spiro atoms. The molecule has 0 aliphatic carbocycles.